The van der Waals surface area contributed by atoms with E-state index in [0.717, 1.165) is 0 Å². The van der Waals surface area contributed by atoms with Gasteiger partial charge in [0.05, 0.1) is 13.1 Å². The number of urea groups is 1. The van der Waals surface area contributed by atoms with Crippen LogP contribution in [0.2, 0.25) is 0 Å². The minimum Gasteiger partial charge on any atom is -0.315 e. The van der Waals surface area contributed by atoms with Crippen molar-refractivity contribution in [3.63, 3.8) is 0 Å². The maximum Gasteiger partial charge on any atom is 0.326 e. The summed E-state index contributed by atoms with van der Waals surface area (Å²) >= 11 is 11.6. The number of carbonyl (C=O) groups excluding carboxylic acids is 2. The largest absolute Gasteiger partial charge is 0.326 e. The van der Waals surface area contributed by atoms with Gasteiger partial charge in [-0.25, -0.2) is 9.69 Å². The molecule has 1 heterocycles. The molecule has 5 nitrogen and oxygen atoms in total. The molecule has 1 saturated heterocycles. The fourth-order valence-corrected chi connectivity index (χ4v) is 3.94. The molecule has 31 heavy (non-hydrogen) atoms. The van der Waals surface area contributed by atoms with Crippen LogP contribution in [-0.4, -0.2) is 59.7 Å². The maximum absolute atomic E-state index is 13.5. The minimum absolute atomic E-state index is 0. The second kappa shape index (κ2) is 12.0. The summed E-state index contributed by atoms with van der Waals surface area (Å²) in [5.74, 6) is 6.60. The number of benzene rings is 2. The summed E-state index contributed by atoms with van der Waals surface area (Å²) in [7, 11) is 0. The van der Waals surface area contributed by atoms with Gasteiger partial charge in [-0.2, -0.15) is 0 Å². The molecule has 8 heteroatoms. The Kier molecular flexibility index (Phi) is 9.67. The molecule has 0 unspecified atom stereocenters. The molecule has 1 aliphatic heterocycles. The zero-order valence-corrected chi connectivity index (χ0v) is 19.2. The van der Waals surface area contributed by atoms with Gasteiger partial charge in [0.15, 0.2) is 5.54 Å². The summed E-state index contributed by atoms with van der Waals surface area (Å²) in [5.41, 5.74) is 0.158. The van der Waals surface area contributed by atoms with Crippen LogP contribution in [0.4, 0.5) is 4.79 Å². The van der Waals surface area contributed by atoms with Crippen LogP contribution in [0.3, 0.4) is 0 Å². The van der Waals surface area contributed by atoms with Crippen molar-refractivity contribution in [2.45, 2.75) is 5.54 Å². The van der Waals surface area contributed by atoms with E-state index in [0.29, 0.717) is 42.5 Å². The van der Waals surface area contributed by atoms with Crippen LogP contribution in [0.5, 0.6) is 0 Å². The first kappa shape index (κ1) is 25.0. The van der Waals surface area contributed by atoms with Crippen LogP contribution in [0, 0.1) is 11.8 Å². The van der Waals surface area contributed by atoms with Crippen LogP contribution in [0.25, 0.3) is 0 Å². The van der Waals surface area contributed by atoms with Crippen LogP contribution in [0.1, 0.15) is 11.1 Å². The third kappa shape index (κ3) is 5.53. The highest BCUT2D eigenvalue weighted by Gasteiger charge is 2.53. The average Bonchev–Trinajstić information content (AvgIpc) is 3.03. The third-order valence-corrected chi connectivity index (χ3v) is 5.32. The maximum atomic E-state index is 13.5. The van der Waals surface area contributed by atoms with Gasteiger partial charge in [0.2, 0.25) is 0 Å². The van der Waals surface area contributed by atoms with Gasteiger partial charge in [0, 0.05) is 24.8 Å². The molecular formula is C23H24Cl3N3O2. The Bertz CT molecular complexity index is 884. The van der Waals surface area contributed by atoms with Crippen molar-refractivity contribution in [3.8, 4) is 11.8 Å². The van der Waals surface area contributed by atoms with Crippen molar-refractivity contribution in [1.29, 1.82) is 0 Å². The number of hydrogen-bond donors (Lipinski definition) is 1. The van der Waals surface area contributed by atoms with Gasteiger partial charge in [-0.15, -0.1) is 35.6 Å². The van der Waals surface area contributed by atoms with Crippen molar-refractivity contribution in [3.05, 3.63) is 71.8 Å². The predicted octanol–water partition coefficient (Wildman–Crippen LogP) is 3.69. The van der Waals surface area contributed by atoms with E-state index in [1.54, 1.807) is 0 Å². The molecule has 164 valence electrons. The number of rotatable bonds is 8. The van der Waals surface area contributed by atoms with Gasteiger partial charge in [0.25, 0.3) is 5.91 Å². The smallest absolute Gasteiger partial charge is 0.315 e. The lowest BCUT2D eigenvalue weighted by Gasteiger charge is -2.27. The molecule has 0 aliphatic carbocycles. The fourth-order valence-electron chi connectivity index (χ4n) is 3.47. The second-order valence-electron chi connectivity index (χ2n) is 6.81. The Morgan fingerprint density at radius 2 is 1.39 bits per heavy atom. The average molecular weight is 481 g/mol. The Morgan fingerprint density at radius 1 is 0.871 bits per heavy atom. The number of halogens is 3. The molecule has 0 bridgehead atoms. The molecule has 1 N–H and O–H groups in total. The van der Waals surface area contributed by atoms with Gasteiger partial charge in [-0.3, -0.25) is 9.69 Å². The Morgan fingerprint density at radius 3 is 1.87 bits per heavy atom. The number of imide groups is 1. The molecule has 3 rings (SSSR count). The van der Waals surface area contributed by atoms with E-state index in [9.17, 15) is 9.59 Å². The van der Waals surface area contributed by atoms with Crippen LogP contribution >= 0.6 is 35.6 Å². The highest BCUT2D eigenvalue weighted by Crippen LogP contribution is 2.35. The van der Waals surface area contributed by atoms with E-state index >= 15 is 0 Å². The van der Waals surface area contributed by atoms with Crippen molar-refractivity contribution in [2.24, 2.45) is 0 Å². The van der Waals surface area contributed by atoms with E-state index < -0.39 is 11.6 Å². The predicted molar refractivity (Wildman–Crippen MR) is 127 cm³/mol. The third-order valence-electron chi connectivity index (χ3n) is 4.99. The lowest BCUT2D eigenvalue weighted by Crippen LogP contribution is -2.45. The Balaban J connectivity index is 0.00000341. The summed E-state index contributed by atoms with van der Waals surface area (Å²) in [5, 5.41) is 2.91. The molecule has 1 fully saturated rings. The molecule has 2 aromatic carbocycles. The first-order valence-electron chi connectivity index (χ1n) is 9.68. The highest BCUT2D eigenvalue weighted by molar-refractivity contribution is 6.18. The number of alkyl halides is 2. The van der Waals surface area contributed by atoms with Gasteiger partial charge < -0.3 is 5.32 Å². The number of nitrogens with one attached hydrogen (secondary N) is 1. The number of nitrogens with zero attached hydrogens (tertiary/aromatic N) is 2. The van der Waals surface area contributed by atoms with E-state index in [4.69, 9.17) is 23.2 Å². The highest BCUT2D eigenvalue weighted by atomic mass is 35.5. The normalized spacial score (nSPS) is 14.6. The van der Waals surface area contributed by atoms with Gasteiger partial charge in [-0.1, -0.05) is 72.5 Å². The molecule has 0 aromatic heterocycles. The SMILES string of the molecule is Cl.O=C1NC(c2ccccc2)(c2ccccc2)C(=O)N1CC#CCN(CCCl)CCCl. The topological polar surface area (TPSA) is 52.7 Å². The first-order chi connectivity index (χ1) is 14.6. The molecule has 3 amide bonds. The van der Waals surface area contributed by atoms with E-state index in [2.05, 4.69) is 17.2 Å². The summed E-state index contributed by atoms with van der Waals surface area (Å²) in [4.78, 5) is 29.5. The number of hydrogen-bond acceptors (Lipinski definition) is 3. The molecule has 0 radical (unpaired) electrons. The number of carbonyl (C=O) groups is 2. The van der Waals surface area contributed by atoms with Crippen molar-refractivity contribution in [2.75, 3.05) is 37.9 Å². The Labute approximate surface area is 199 Å². The van der Waals surface area contributed by atoms with Crippen molar-refractivity contribution in [1.82, 2.24) is 15.1 Å². The molecule has 1 aliphatic rings. The zero-order valence-electron chi connectivity index (χ0n) is 16.9. The second-order valence-corrected chi connectivity index (χ2v) is 7.57. The zero-order chi connectivity index (χ0) is 21.4. The van der Waals surface area contributed by atoms with Crippen molar-refractivity contribution < 1.29 is 9.59 Å². The van der Waals surface area contributed by atoms with Gasteiger partial charge >= 0.3 is 6.03 Å². The summed E-state index contributed by atoms with van der Waals surface area (Å²) in [6, 6.07) is 18.1. The van der Waals surface area contributed by atoms with E-state index in [1.165, 1.54) is 4.90 Å². The molecule has 0 spiro atoms. The molecule has 2 aromatic rings. The van der Waals surface area contributed by atoms with Crippen molar-refractivity contribution >= 4 is 47.5 Å². The summed E-state index contributed by atoms with van der Waals surface area (Å²) < 4.78 is 0. The lowest BCUT2D eigenvalue weighted by molar-refractivity contribution is -0.129. The van der Waals surface area contributed by atoms with Gasteiger partial charge in [-0.05, 0) is 11.1 Å². The lowest BCUT2D eigenvalue weighted by atomic mass is 9.82. The van der Waals surface area contributed by atoms with Crippen LogP contribution < -0.4 is 5.32 Å². The summed E-state index contributed by atoms with van der Waals surface area (Å²) in [6.07, 6.45) is 0. The van der Waals surface area contributed by atoms with Crippen LogP contribution in [0.15, 0.2) is 60.7 Å². The van der Waals surface area contributed by atoms with E-state index in [-0.39, 0.29) is 24.9 Å². The fraction of sp³-hybridized carbons (Fsp3) is 0.304. The monoisotopic (exact) mass is 479 g/mol. The van der Waals surface area contributed by atoms with Crippen LogP contribution in [-0.2, 0) is 10.3 Å². The Hall–Kier alpha value is -2.23. The molecule has 0 saturated carbocycles. The first-order valence-corrected chi connectivity index (χ1v) is 10.8. The summed E-state index contributed by atoms with van der Waals surface area (Å²) in [6.45, 7) is 1.85. The molecular weight excluding hydrogens is 457 g/mol. The minimum atomic E-state index is -1.26. The van der Waals surface area contributed by atoms with E-state index in [1.807, 2.05) is 65.6 Å². The quantitative estimate of drug-likeness (QED) is 0.356. The van der Waals surface area contributed by atoms with Gasteiger partial charge in [0.1, 0.15) is 0 Å². The molecule has 0 atom stereocenters. The standard InChI is InChI=1S/C23H23Cl2N3O2.ClH/c24-13-17-27(18-14-25)15-7-8-16-28-21(29)23(26-22(28)30,19-9-3-1-4-10-19)20-11-5-2-6-12-20;/h1-6,9-12H,13-18H2,(H,26,30);1H. The number of amides is 3.